The van der Waals surface area contributed by atoms with Gasteiger partial charge in [-0.1, -0.05) is 32.6 Å². The van der Waals surface area contributed by atoms with Crippen molar-refractivity contribution < 1.29 is 8.42 Å². The van der Waals surface area contributed by atoms with Crippen LogP contribution in [0.1, 0.15) is 70.4 Å². The van der Waals surface area contributed by atoms with E-state index in [0.717, 1.165) is 70.3 Å². The summed E-state index contributed by atoms with van der Waals surface area (Å²) in [6.07, 6.45) is 11.1. The van der Waals surface area contributed by atoms with Gasteiger partial charge in [-0.3, -0.25) is 4.90 Å². The minimum absolute atomic E-state index is 0.248. The van der Waals surface area contributed by atoms with Crippen molar-refractivity contribution in [3.05, 3.63) is 11.9 Å². The summed E-state index contributed by atoms with van der Waals surface area (Å²) in [5.74, 6) is 0. The number of rotatable bonds is 9. The highest BCUT2D eigenvalue weighted by molar-refractivity contribution is 7.91. The first-order valence-electron chi connectivity index (χ1n) is 11.1. The van der Waals surface area contributed by atoms with Crippen LogP contribution in [0.5, 0.6) is 0 Å². The molecule has 6 nitrogen and oxygen atoms in total. The van der Waals surface area contributed by atoms with Crippen LogP contribution in [0.3, 0.4) is 0 Å². The summed E-state index contributed by atoms with van der Waals surface area (Å²) in [4.78, 5) is 9.21. The van der Waals surface area contributed by atoms with Crippen LogP contribution in [-0.2, 0) is 22.9 Å². The lowest BCUT2D eigenvalue weighted by Crippen LogP contribution is -2.36. The van der Waals surface area contributed by atoms with Crippen LogP contribution >= 0.6 is 0 Å². The molecular weight excluding hydrogens is 372 g/mol. The Kier molecular flexibility index (Phi) is 7.56. The standard InChI is InChI=1S/C21H38N4O2S/c1-4-5-14-25-19(17-23(2)16-18-10-9-13-24(18)3)15-22-21(25)28(26,27)20-11-7-6-8-12-20/h15,18,20H,4-14,16-17H2,1-3H3/t18-/m1/s1. The van der Waals surface area contributed by atoms with Crippen molar-refractivity contribution in [2.24, 2.45) is 0 Å². The van der Waals surface area contributed by atoms with Gasteiger partial charge in [0.1, 0.15) is 0 Å². The van der Waals surface area contributed by atoms with Crippen LogP contribution < -0.4 is 0 Å². The predicted octanol–water partition coefficient (Wildman–Crippen LogP) is 3.32. The summed E-state index contributed by atoms with van der Waals surface area (Å²) >= 11 is 0. The normalized spacial score (nSPS) is 22.4. The largest absolute Gasteiger partial charge is 0.318 e. The Morgan fingerprint density at radius 3 is 2.57 bits per heavy atom. The third kappa shape index (κ3) is 4.97. The number of hydrogen-bond acceptors (Lipinski definition) is 5. The fraction of sp³-hybridized carbons (Fsp3) is 0.857. The number of hydrogen-bond donors (Lipinski definition) is 0. The van der Waals surface area contributed by atoms with Gasteiger partial charge in [0.05, 0.1) is 17.1 Å². The third-order valence-corrected chi connectivity index (χ3v) is 8.69. The Labute approximate surface area is 171 Å². The van der Waals surface area contributed by atoms with Crippen molar-refractivity contribution >= 4 is 9.84 Å². The third-order valence-electron chi connectivity index (χ3n) is 6.51. The van der Waals surface area contributed by atoms with E-state index in [1.807, 2.05) is 4.57 Å². The molecule has 2 fully saturated rings. The summed E-state index contributed by atoms with van der Waals surface area (Å²) in [6.45, 7) is 5.83. The van der Waals surface area contributed by atoms with Crippen LogP contribution in [0.15, 0.2) is 11.4 Å². The van der Waals surface area contributed by atoms with Crippen molar-refractivity contribution in [3.8, 4) is 0 Å². The zero-order valence-corrected chi connectivity index (χ0v) is 18.8. The van der Waals surface area contributed by atoms with E-state index in [9.17, 15) is 8.42 Å². The molecule has 1 atom stereocenters. The molecule has 3 rings (SSSR count). The molecule has 1 aromatic rings. The van der Waals surface area contributed by atoms with Crippen LogP contribution in [0, 0.1) is 0 Å². The monoisotopic (exact) mass is 410 g/mol. The first kappa shape index (κ1) is 21.8. The van der Waals surface area contributed by atoms with Gasteiger partial charge in [0.2, 0.25) is 15.0 Å². The van der Waals surface area contributed by atoms with Gasteiger partial charge in [-0.2, -0.15) is 0 Å². The molecule has 1 aliphatic heterocycles. The minimum atomic E-state index is -3.34. The molecule has 2 heterocycles. The van der Waals surface area contributed by atoms with Crippen LogP contribution in [0.4, 0.5) is 0 Å². The lowest BCUT2D eigenvalue weighted by atomic mass is 10.0. The SMILES string of the molecule is CCCCn1c(CN(C)C[C@H]2CCCN2C)cnc1S(=O)(=O)C1CCCCC1. The molecule has 1 saturated carbocycles. The average Bonchev–Trinajstić information content (AvgIpc) is 3.27. The molecule has 28 heavy (non-hydrogen) atoms. The summed E-state index contributed by atoms with van der Waals surface area (Å²) in [5, 5.41) is 0.0657. The highest BCUT2D eigenvalue weighted by Crippen LogP contribution is 2.29. The summed E-state index contributed by atoms with van der Waals surface area (Å²) in [7, 11) is 0.994. The minimum Gasteiger partial charge on any atom is -0.318 e. The second-order valence-electron chi connectivity index (χ2n) is 8.82. The molecule has 0 bridgehead atoms. The zero-order valence-electron chi connectivity index (χ0n) is 17.9. The molecule has 0 aromatic carbocycles. The van der Waals surface area contributed by atoms with E-state index in [-0.39, 0.29) is 5.25 Å². The van der Waals surface area contributed by atoms with Gasteiger partial charge in [0.15, 0.2) is 0 Å². The van der Waals surface area contributed by atoms with Crippen LogP contribution in [0.25, 0.3) is 0 Å². The highest BCUT2D eigenvalue weighted by Gasteiger charge is 2.33. The Bertz CT molecular complexity index is 725. The van der Waals surface area contributed by atoms with Crippen molar-refractivity contribution in [2.45, 2.75) is 94.2 Å². The molecule has 1 saturated heterocycles. The van der Waals surface area contributed by atoms with Gasteiger partial charge in [-0.15, -0.1) is 0 Å². The number of sulfone groups is 1. The van der Waals surface area contributed by atoms with Gasteiger partial charge in [0, 0.05) is 25.7 Å². The van der Waals surface area contributed by atoms with E-state index in [4.69, 9.17) is 0 Å². The van der Waals surface area contributed by atoms with Crippen LogP contribution in [-0.4, -0.2) is 66.2 Å². The van der Waals surface area contributed by atoms with Gasteiger partial charge in [0.25, 0.3) is 0 Å². The van der Waals surface area contributed by atoms with Gasteiger partial charge in [-0.25, -0.2) is 13.4 Å². The molecular formula is C21H38N4O2S. The number of imidazole rings is 1. The highest BCUT2D eigenvalue weighted by atomic mass is 32.2. The second kappa shape index (κ2) is 9.72. The summed E-state index contributed by atoms with van der Waals surface area (Å²) in [6, 6.07) is 0.599. The number of aromatic nitrogens is 2. The first-order valence-corrected chi connectivity index (χ1v) is 12.6. The van der Waals surface area contributed by atoms with E-state index in [2.05, 4.69) is 35.8 Å². The molecule has 0 radical (unpaired) electrons. The molecule has 7 heteroatoms. The second-order valence-corrected chi connectivity index (χ2v) is 10.9. The Morgan fingerprint density at radius 2 is 1.93 bits per heavy atom. The summed E-state index contributed by atoms with van der Waals surface area (Å²) < 4.78 is 28.6. The van der Waals surface area contributed by atoms with E-state index < -0.39 is 9.84 Å². The Balaban J connectivity index is 1.77. The maximum atomic E-state index is 13.3. The maximum Gasteiger partial charge on any atom is 0.228 e. The number of likely N-dealkylation sites (N-methyl/N-ethyl adjacent to an activating group) is 2. The van der Waals surface area contributed by atoms with E-state index >= 15 is 0 Å². The zero-order chi connectivity index (χ0) is 20.1. The lowest BCUT2D eigenvalue weighted by molar-refractivity contribution is 0.212. The van der Waals surface area contributed by atoms with Crippen molar-refractivity contribution in [2.75, 3.05) is 27.2 Å². The Morgan fingerprint density at radius 1 is 1.18 bits per heavy atom. The molecule has 0 amide bonds. The average molecular weight is 411 g/mol. The number of unbranched alkanes of at least 4 members (excludes halogenated alkanes) is 1. The van der Waals surface area contributed by atoms with Gasteiger partial charge in [-0.05, 0) is 52.7 Å². The van der Waals surface area contributed by atoms with Crippen LogP contribution in [0.2, 0.25) is 0 Å². The lowest BCUT2D eigenvalue weighted by Gasteiger charge is -2.26. The number of nitrogens with zero attached hydrogens (tertiary/aromatic N) is 4. The maximum absolute atomic E-state index is 13.3. The smallest absolute Gasteiger partial charge is 0.228 e. The van der Waals surface area contributed by atoms with Crippen molar-refractivity contribution in [1.82, 2.24) is 19.4 Å². The topological polar surface area (TPSA) is 58.4 Å². The molecule has 0 unspecified atom stereocenters. The van der Waals surface area contributed by atoms with E-state index in [0.29, 0.717) is 11.2 Å². The first-order chi connectivity index (χ1) is 13.4. The van der Waals surface area contributed by atoms with Gasteiger partial charge < -0.3 is 9.47 Å². The van der Waals surface area contributed by atoms with Crippen molar-refractivity contribution in [1.29, 1.82) is 0 Å². The Hall–Kier alpha value is -0.920. The van der Waals surface area contributed by atoms with E-state index in [1.54, 1.807) is 6.20 Å². The molecule has 2 aliphatic rings. The fourth-order valence-electron chi connectivity index (χ4n) is 4.74. The molecule has 0 N–H and O–H groups in total. The molecule has 0 spiro atoms. The fourth-order valence-corrected chi connectivity index (χ4v) is 6.70. The number of likely N-dealkylation sites (tertiary alicyclic amines) is 1. The van der Waals surface area contributed by atoms with Crippen molar-refractivity contribution in [3.63, 3.8) is 0 Å². The van der Waals surface area contributed by atoms with E-state index in [1.165, 1.54) is 19.4 Å². The molecule has 160 valence electrons. The quantitative estimate of drug-likeness (QED) is 0.625. The van der Waals surface area contributed by atoms with Gasteiger partial charge >= 0.3 is 0 Å². The summed E-state index contributed by atoms with van der Waals surface area (Å²) in [5.41, 5.74) is 1.03. The molecule has 1 aromatic heterocycles. The molecule has 1 aliphatic carbocycles. The predicted molar refractivity (Wildman–Crippen MR) is 113 cm³/mol.